The van der Waals surface area contributed by atoms with Crippen LogP contribution >= 0.6 is 0 Å². The van der Waals surface area contributed by atoms with Gasteiger partial charge in [0.25, 0.3) is 0 Å². The minimum absolute atomic E-state index is 0.160. The van der Waals surface area contributed by atoms with Gasteiger partial charge in [0.2, 0.25) is 0 Å². The summed E-state index contributed by atoms with van der Waals surface area (Å²) in [6.45, 7) is 6.25. The molecule has 0 aromatic rings. The molecular weight excluding hydrogens is 140 g/mol. The maximum absolute atomic E-state index is 5.27. The van der Waals surface area contributed by atoms with Gasteiger partial charge in [-0.1, -0.05) is 26.7 Å². The zero-order valence-electron chi connectivity index (χ0n) is 7.26. The van der Waals surface area contributed by atoms with E-state index in [2.05, 4.69) is 26.7 Å². The van der Waals surface area contributed by atoms with Crippen LogP contribution in [0.2, 0.25) is 0 Å². The van der Waals surface area contributed by atoms with Crippen LogP contribution in [0.3, 0.4) is 0 Å². The third-order valence-electron chi connectivity index (χ3n) is 2.42. The molecule has 1 rings (SSSR count). The molecule has 2 heteroatoms. The van der Waals surface area contributed by atoms with Crippen molar-refractivity contribution in [2.75, 3.05) is 0 Å². The lowest BCUT2D eigenvalue weighted by Crippen LogP contribution is -2.58. The van der Waals surface area contributed by atoms with E-state index in [0.29, 0.717) is 5.92 Å². The summed E-state index contributed by atoms with van der Waals surface area (Å²) in [7, 11) is 0. The molecule has 2 atom stereocenters. The molecule has 1 heterocycles. The first-order chi connectivity index (χ1) is 5.17. The topological polar surface area (TPSA) is 18.5 Å². The van der Waals surface area contributed by atoms with Crippen LogP contribution in [0.25, 0.3) is 0 Å². The minimum atomic E-state index is -0.227. The third-order valence-corrected chi connectivity index (χ3v) is 2.42. The molecule has 0 aromatic heterocycles. The molecule has 1 aliphatic heterocycles. The van der Waals surface area contributed by atoms with E-state index in [1.807, 2.05) is 0 Å². The smallest absolute Gasteiger partial charge is 0.185 e. The first kappa shape index (κ1) is 8.58. The molecule has 1 aliphatic rings. The summed E-state index contributed by atoms with van der Waals surface area (Å²) < 4.78 is 0. The Labute approximate surface area is 67.8 Å². The molecule has 1 saturated heterocycles. The predicted molar refractivity (Wildman–Crippen MR) is 42.7 cm³/mol. The lowest BCUT2D eigenvalue weighted by Gasteiger charge is -2.46. The zero-order chi connectivity index (χ0) is 8.48. The van der Waals surface area contributed by atoms with Crippen molar-refractivity contribution in [3.8, 4) is 12.3 Å². The molecule has 0 aliphatic carbocycles. The van der Waals surface area contributed by atoms with Crippen LogP contribution in [0.4, 0.5) is 0 Å². The molecule has 0 radical (unpaired) electrons. The fraction of sp³-hybridized carbons (Fsp3) is 0.778. The lowest BCUT2D eigenvalue weighted by atomic mass is 9.81. The Morgan fingerprint density at radius 2 is 2.27 bits per heavy atom. The van der Waals surface area contributed by atoms with Crippen molar-refractivity contribution in [1.29, 1.82) is 0 Å². The molecule has 0 saturated carbocycles. The minimum Gasteiger partial charge on any atom is -0.224 e. The van der Waals surface area contributed by atoms with E-state index in [9.17, 15) is 0 Å². The van der Waals surface area contributed by atoms with Crippen molar-refractivity contribution in [3.63, 3.8) is 0 Å². The molecule has 0 amide bonds. The highest BCUT2D eigenvalue weighted by Gasteiger charge is 2.51. The van der Waals surface area contributed by atoms with Crippen LogP contribution in [0.5, 0.6) is 0 Å². The quantitative estimate of drug-likeness (QED) is 0.445. The van der Waals surface area contributed by atoms with Gasteiger partial charge >= 0.3 is 0 Å². The molecule has 2 unspecified atom stereocenters. The van der Waals surface area contributed by atoms with Gasteiger partial charge in [-0.2, -0.15) is 0 Å². The molecule has 0 bridgehead atoms. The normalized spacial score (nSPS) is 36.5. The van der Waals surface area contributed by atoms with Gasteiger partial charge in [0.1, 0.15) is 5.60 Å². The Bertz CT molecular complexity index is 176. The average Bonchev–Trinajstić information content (AvgIpc) is 1.87. The third kappa shape index (κ3) is 1.05. The largest absolute Gasteiger partial charge is 0.224 e. The first-order valence-corrected chi connectivity index (χ1v) is 3.98. The highest BCUT2D eigenvalue weighted by molar-refractivity contribution is 5.10. The number of rotatable bonds is 2. The second-order valence-electron chi connectivity index (χ2n) is 3.19. The molecule has 11 heavy (non-hydrogen) atoms. The number of hydrogen-bond acceptors (Lipinski definition) is 2. The molecule has 0 aromatic carbocycles. The van der Waals surface area contributed by atoms with Crippen LogP contribution in [0.1, 0.15) is 27.2 Å². The van der Waals surface area contributed by atoms with Crippen LogP contribution < -0.4 is 0 Å². The van der Waals surface area contributed by atoms with Crippen LogP contribution in [-0.4, -0.2) is 11.7 Å². The maximum atomic E-state index is 5.27. The van der Waals surface area contributed by atoms with E-state index < -0.39 is 0 Å². The summed E-state index contributed by atoms with van der Waals surface area (Å²) >= 11 is 0. The second kappa shape index (κ2) is 2.84. The van der Waals surface area contributed by atoms with Crippen molar-refractivity contribution in [2.24, 2.45) is 5.92 Å². The van der Waals surface area contributed by atoms with E-state index in [-0.39, 0.29) is 11.7 Å². The van der Waals surface area contributed by atoms with Gasteiger partial charge in [0.15, 0.2) is 6.10 Å². The summed E-state index contributed by atoms with van der Waals surface area (Å²) in [5.41, 5.74) is -0.227. The molecule has 0 spiro atoms. The number of terminal acetylenes is 1. The SMILES string of the molecule is C#CC1OOC1(CC)C(C)C. The van der Waals surface area contributed by atoms with Crippen molar-refractivity contribution < 1.29 is 9.78 Å². The Morgan fingerprint density at radius 3 is 2.36 bits per heavy atom. The summed E-state index contributed by atoms with van der Waals surface area (Å²) in [5.74, 6) is 2.98. The molecule has 2 nitrogen and oxygen atoms in total. The fourth-order valence-corrected chi connectivity index (χ4v) is 1.44. The first-order valence-electron chi connectivity index (χ1n) is 3.98. The van der Waals surface area contributed by atoms with E-state index in [4.69, 9.17) is 16.2 Å². The monoisotopic (exact) mass is 154 g/mol. The molecule has 1 fully saturated rings. The standard InChI is InChI=1S/C9H14O2/c1-5-8-9(6-2,7(3)4)11-10-8/h1,7-8H,6H2,2-4H3. The zero-order valence-corrected chi connectivity index (χ0v) is 7.26. The van der Waals surface area contributed by atoms with Crippen LogP contribution in [0, 0.1) is 18.3 Å². The lowest BCUT2D eigenvalue weighted by molar-refractivity contribution is -0.506. The van der Waals surface area contributed by atoms with Gasteiger partial charge in [-0.15, -0.1) is 6.42 Å². The summed E-state index contributed by atoms with van der Waals surface area (Å²) in [4.78, 5) is 9.90. The predicted octanol–water partition coefficient (Wildman–Crippen LogP) is 1.75. The molecule has 0 N–H and O–H groups in total. The highest BCUT2D eigenvalue weighted by atomic mass is 17.3. The van der Waals surface area contributed by atoms with Crippen molar-refractivity contribution in [2.45, 2.75) is 38.9 Å². The van der Waals surface area contributed by atoms with Crippen molar-refractivity contribution in [1.82, 2.24) is 0 Å². The van der Waals surface area contributed by atoms with E-state index in [1.165, 1.54) is 0 Å². The summed E-state index contributed by atoms with van der Waals surface area (Å²) in [6.07, 6.45) is 6.01. The van der Waals surface area contributed by atoms with Gasteiger partial charge in [-0.3, -0.25) is 0 Å². The van der Waals surface area contributed by atoms with E-state index in [1.54, 1.807) is 0 Å². The van der Waals surface area contributed by atoms with E-state index in [0.717, 1.165) is 6.42 Å². The Morgan fingerprint density at radius 1 is 1.64 bits per heavy atom. The van der Waals surface area contributed by atoms with Gasteiger partial charge < -0.3 is 0 Å². The fourth-order valence-electron chi connectivity index (χ4n) is 1.44. The summed E-state index contributed by atoms with van der Waals surface area (Å²) in [6, 6.07) is 0. The average molecular weight is 154 g/mol. The summed E-state index contributed by atoms with van der Waals surface area (Å²) in [5, 5.41) is 0. The van der Waals surface area contributed by atoms with Crippen molar-refractivity contribution in [3.05, 3.63) is 0 Å². The van der Waals surface area contributed by atoms with Gasteiger partial charge in [-0.25, -0.2) is 9.78 Å². The maximum Gasteiger partial charge on any atom is 0.185 e. The highest BCUT2D eigenvalue weighted by Crippen LogP contribution is 2.39. The van der Waals surface area contributed by atoms with Gasteiger partial charge in [0, 0.05) is 0 Å². The Kier molecular flexibility index (Phi) is 2.22. The Hall–Kier alpha value is -0.520. The molecule has 62 valence electrons. The van der Waals surface area contributed by atoms with Gasteiger partial charge in [-0.05, 0) is 12.3 Å². The van der Waals surface area contributed by atoms with Crippen LogP contribution in [-0.2, 0) is 9.78 Å². The van der Waals surface area contributed by atoms with Gasteiger partial charge in [0.05, 0.1) is 0 Å². The van der Waals surface area contributed by atoms with Crippen LogP contribution in [0.15, 0.2) is 0 Å². The number of hydrogen-bond donors (Lipinski definition) is 0. The van der Waals surface area contributed by atoms with E-state index >= 15 is 0 Å². The Balaban J connectivity index is 2.71. The second-order valence-corrected chi connectivity index (χ2v) is 3.19. The molecular formula is C9H14O2. The van der Waals surface area contributed by atoms with Crippen molar-refractivity contribution >= 4 is 0 Å².